The number of nitrogens with zero attached hydrogens (tertiary/aromatic N) is 4. The summed E-state index contributed by atoms with van der Waals surface area (Å²) in [7, 11) is 1.67. The Kier molecular flexibility index (Phi) is 5.73. The lowest BCUT2D eigenvalue weighted by Crippen LogP contribution is -2.45. The van der Waals surface area contributed by atoms with Gasteiger partial charge in [-0.1, -0.05) is 0 Å². The molecule has 0 saturated heterocycles. The molecule has 2 atom stereocenters. The number of anilines is 1. The number of aliphatic hydroxyl groups excluding tert-OH is 1. The van der Waals surface area contributed by atoms with Crippen LogP contribution in [0.25, 0.3) is 0 Å². The molecule has 1 aromatic carbocycles. The molecule has 4 rings (SSSR count). The molecule has 3 heterocycles. The van der Waals surface area contributed by atoms with E-state index in [1.165, 1.54) is 4.90 Å². The van der Waals surface area contributed by atoms with Crippen LogP contribution in [0.4, 0.5) is 19.3 Å². The highest BCUT2D eigenvalue weighted by molar-refractivity contribution is 9.10. The highest BCUT2D eigenvalue weighted by Gasteiger charge is 2.37. The molecule has 8 nitrogen and oxygen atoms in total. The fourth-order valence-electron chi connectivity index (χ4n) is 4.12. The Morgan fingerprint density at radius 1 is 1.35 bits per heavy atom. The zero-order chi connectivity index (χ0) is 22.4. The van der Waals surface area contributed by atoms with E-state index in [4.69, 9.17) is 0 Å². The number of benzene rings is 1. The summed E-state index contributed by atoms with van der Waals surface area (Å²) in [6.07, 6.45) is 0.430. The smallest absolute Gasteiger partial charge is 0.322 e. The van der Waals surface area contributed by atoms with Crippen molar-refractivity contribution in [2.45, 2.75) is 32.5 Å². The van der Waals surface area contributed by atoms with Gasteiger partial charge in [0.25, 0.3) is 5.91 Å². The third-order valence-corrected chi connectivity index (χ3v) is 6.52. The fraction of sp³-hybridized carbons (Fsp3) is 0.450. The van der Waals surface area contributed by atoms with Gasteiger partial charge in [0, 0.05) is 50.7 Å². The van der Waals surface area contributed by atoms with Gasteiger partial charge in [0.1, 0.15) is 11.5 Å². The number of hydrogen-bond acceptors (Lipinski definition) is 4. The molecule has 0 saturated carbocycles. The van der Waals surface area contributed by atoms with Crippen LogP contribution >= 0.6 is 15.9 Å². The lowest BCUT2D eigenvalue weighted by atomic mass is 9.99. The standard InChI is InChI=1S/C20H22BrF2N5O3/c1-10-5-15-12(18-19(30)26(2)6-11(9-29)7-28(18)25-15)8-27(10)20(31)24-14-4-3-13(22)16(21)17(14)23/h3-4,10-11,29H,5-9H2,1-2H3,(H,24,31)/t10-,11-/m1/s1. The summed E-state index contributed by atoms with van der Waals surface area (Å²) >= 11 is 2.83. The number of carbonyl (C=O) groups excluding carboxylic acids is 2. The number of amides is 3. The molecule has 0 bridgehead atoms. The average molecular weight is 498 g/mol. The molecule has 3 amide bonds. The molecule has 0 radical (unpaired) electrons. The first-order valence-electron chi connectivity index (χ1n) is 9.87. The Bertz CT molecular complexity index is 1060. The van der Waals surface area contributed by atoms with Crippen LogP contribution < -0.4 is 5.32 Å². The number of aromatic nitrogens is 2. The Morgan fingerprint density at radius 2 is 2.10 bits per heavy atom. The summed E-state index contributed by atoms with van der Waals surface area (Å²) in [5.41, 5.74) is 1.66. The first kappa shape index (κ1) is 21.7. The predicted octanol–water partition coefficient (Wildman–Crippen LogP) is 2.60. The number of nitrogens with one attached hydrogen (secondary N) is 1. The first-order chi connectivity index (χ1) is 14.7. The lowest BCUT2D eigenvalue weighted by molar-refractivity contribution is 0.0761. The number of hydrogen-bond donors (Lipinski definition) is 2. The minimum Gasteiger partial charge on any atom is -0.396 e. The quantitative estimate of drug-likeness (QED) is 0.624. The number of urea groups is 1. The number of fused-ring (bicyclic) bond motifs is 3. The van der Waals surface area contributed by atoms with Crippen LogP contribution in [-0.2, 0) is 19.5 Å². The van der Waals surface area contributed by atoms with Crippen molar-refractivity contribution in [3.63, 3.8) is 0 Å². The van der Waals surface area contributed by atoms with E-state index in [2.05, 4.69) is 26.3 Å². The number of rotatable bonds is 2. The molecular formula is C20H22BrF2N5O3. The highest BCUT2D eigenvalue weighted by atomic mass is 79.9. The SMILES string of the molecule is C[C@@H]1Cc2nn3c(c2CN1C(=O)Nc1ccc(F)c(Br)c1F)C(=O)N(C)C[C@@H](CO)C3. The van der Waals surface area contributed by atoms with Crippen molar-refractivity contribution in [3.8, 4) is 0 Å². The zero-order valence-electron chi connectivity index (χ0n) is 17.0. The number of aliphatic hydroxyl groups is 1. The summed E-state index contributed by atoms with van der Waals surface area (Å²) in [4.78, 5) is 28.9. The molecule has 11 heteroatoms. The molecule has 0 unspecified atom stereocenters. The molecule has 0 aliphatic carbocycles. The van der Waals surface area contributed by atoms with E-state index < -0.39 is 17.7 Å². The van der Waals surface area contributed by atoms with Crippen LogP contribution in [0.1, 0.15) is 28.7 Å². The van der Waals surface area contributed by atoms with Crippen LogP contribution in [-0.4, -0.2) is 62.9 Å². The van der Waals surface area contributed by atoms with Gasteiger partial charge >= 0.3 is 6.03 Å². The van der Waals surface area contributed by atoms with Gasteiger partial charge in [0.2, 0.25) is 0 Å². The summed E-state index contributed by atoms with van der Waals surface area (Å²) < 4.78 is 29.1. The van der Waals surface area contributed by atoms with Crippen LogP contribution in [0, 0.1) is 17.6 Å². The summed E-state index contributed by atoms with van der Waals surface area (Å²) in [5.74, 6) is -2.01. The van der Waals surface area contributed by atoms with E-state index in [-0.39, 0.29) is 41.2 Å². The molecule has 1 aromatic heterocycles. The fourth-order valence-corrected chi connectivity index (χ4v) is 4.46. The van der Waals surface area contributed by atoms with Crippen molar-refractivity contribution < 1.29 is 23.5 Å². The van der Waals surface area contributed by atoms with Crippen molar-refractivity contribution in [2.75, 3.05) is 25.5 Å². The Morgan fingerprint density at radius 3 is 2.81 bits per heavy atom. The molecule has 2 aliphatic heterocycles. The summed E-state index contributed by atoms with van der Waals surface area (Å²) in [6, 6.07) is 1.41. The molecule has 31 heavy (non-hydrogen) atoms. The van der Waals surface area contributed by atoms with Crippen molar-refractivity contribution in [1.82, 2.24) is 19.6 Å². The first-order valence-corrected chi connectivity index (χ1v) is 10.7. The summed E-state index contributed by atoms with van der Waals surface area (Å²) in [5, 5.41) is 16.7. The van der Waals surface area contributed by atoms with E-state index >= 15 is 0 Å². The van der Waals surface area contributed by atoms with Crippen LogP contribution in [0.15, 0.2) is 16.6 Å². The van der Waals surface area contributed by atoms with Crippen LogP contribution in [0.2, 0.25) is 0 Å². The normalized spacial score (nSPS) is 20.9. The van der Waals surface area contributed by atoms with Crippen molar-refractivity contribution in [3.05, 3.63) is 45.2 Å². The average Bonchev–Trinajstić information content (AvgIpc) is 3.02. The van der Waals surface area contributed by atoms with Crippen molar-refractivity contribution >= 4 is 33.6 Å². The van der Waals surface area contributed by atoms with E-state index in [0.29, 0.717) is 30.8 Å². The summed E-state index contributed by atoms with van der Waals surface area (Å²) in [6.45, 7) is 2.72. The van der Waals surface area contributed by atoms with Gasteiger partial charge in [-0.25, -0.2) is 13.6 Å². The van der Waals surface area contributed by atoms with Crippen LogP contribution in [0.3, 0.4) is 0 Å². The maximum atomic E-state index is 14.3. The largest absolute Gasteiger partial charge is 0.396 e. The molecular weight excluding hydrogens is 476 g/mol. The molecule has 166 valence electrons. The number of halogens is 3. The second-order valence-electron chi connectivity index (χ2n) is 8.02. The van der Waals surface area contributed by atoms with E-state index in [1.54, 1.807) is 16.6 Å². The monoisotopic (exact) mass is 497 g/mol. The Balaban J connectivity index is 1.63. The Labute approximate surface area is 185 Å². The second kappa shape index (κ2) is 8.19. The van der Waals surface area contributed by atoms with E-state index in [1.807, 2.05) is 6.92 Å². The van der Waals surface area contributed by atoms with Gasteiger partial charge in [-0.3, -0.25) is 9.48 Å². The molecule has 0 fully saturated rings. The van der Waals surface area contributed by atoms with Gasteiger partial charge in [-0.15, -0.1) is 0 Å². The molecule has 2 aliphatic rings. The van der Waals surface area contributed by atoms with Crippen molar-refractivity contribution in [1.29, 1.82) is 0 Å². The molecule has 2 N–H and O–H groups in total. The van der Waals surface area contributed by atoms with Crippen molar-refractivity contribution in [2.24, 2.45) is 5.92 Å². The second-order valence-corrected chi connectivity index (χ2v) is 8.82. The van der Waals surface area contributed by atoms with Gasteiger partial charge in [0.15, 0.2) is 5.82 Å². The van der Waals surface area contributed by atoms with Gasteiger partial charge in [-0.05, 0) is 35.0 Å². The Hall–Kier alpha value is -2.53. The maximum Gasteiger partial charge on any atom is 0.322 e. The number of carbonyl (C=O) groups is 2. The van der Waals surface area contributed by atoms with E-state index in [0.717, 1.165) is 17.8 Å². The molecule has 2 aromatic rings. The van der Waals surface area contributed by atoms with E-state index in [9.17, 15) is 23.5 Å². The minimum absolute atomic E-state index is 0.0642. The maximum absolute atomic E-state index is 14.3. The van der Waals surface area contributed by atoms with Gasteiger partial charge < -0.3 is 20.2 Å². The third kappa shape index (κ3) is 3.80. The lowest BCUT2D eigenvalue weighted by Gasteiger charge is -2.33. The molecule has 0 spiro atoms. The predicted molar refractivity (Wildman–Crippen MR) is 112 cm³/mol. The highest BCUT2D eigenvalue weighted by Crippen LogP contribution is 2.30. The van der Waals surface area contributed by atoms with Gasteiger partial charge in [-0.2, -0.15) is 5.10 Å². The topological polar surface area (TPSA) is 90.7 Å². The third-order valence-electron chi connectivity index (χ3n) is 5.79. The van der Waals surface area contributed by atoms with Gasteiger partial charge in [0.05, 0.1) is 22.4 Å². The minimum atomic E-state index is -0.898. The van der Waals surface area contributed by atoms with Crippen LogP contribution in [0.5, 0.6) is 0 Å². The zero-order valence-corrected chi connectivity index (χ0v) is 18.6.